The third-order valence-electron chi connectivity index (χ3n) is 2.80. The van der Waals surface area contributed by atoms with E-state index in [1.807, 2.05) is 37.3 Å². The SMILES string of the molecule is CCCCOC(=O)CNC(=O)[C@@H](N)Cc1ccccc1. The molecule has 3 N–H and O–H groups in total. The second-order valence-electron chi connectivity index (χ2n) is 4.59. The average Bonchev–Trinajstić information content (AvgIpc) is 2.46. The number of carbonyl (C=O) groups is 2. The number of ether oxygens (including phenoxy) is 1. The molecule has 0 bridgehead atoms. The molecule has 1 amide bonds. The molecule has 0 spiro atoms. The maximum atomic E-state index is 11.7. The number of hydrogen-bond acceptors (Lipinski definition) is 4. The second kappa shape index (κ2) is 9.09. The number of nitrogens with one attached hydrogen (secondary N) is 1. The van der Waals surface area contributed by atoms with Gasteiger partial charge in [-0.15, -0.1) is 0 Å². The predicted molar refractivity (Wildman–Crippen MR) is 77.0 cm³/mol. The Kier molecular flexibility index (Phi) is 7.35. The molecular formula is C15H22N2O3. The van der Waals surface area contributed by atoms with Crippen molar-refractivity contribution in [3.8, 4) is 0 Å². The fourth-order valence-corrected chi connectivity index (χ4v) is 1.63. The maximum Gasteiger partial charge on any atom is 0.325 e. The smallest absolute Gasteiger partial charge is 0.325 e. The summed E-state index contributed by atoms with van der Waals surface area (Å²) in [5.74, 6) is -0.778. The van der Waals surface area contributed by atoms with Crippen molar-refractivity contribution in [3.05, 3.63) is 35.9 Å². The largest absolute Gasteiger partial charge is 0.464 e. The zero-order chi connectivity index (χ0) is 14.8. The third-order valence-corrected chi connectivity index (χ3v) is 2.80. The summed E-state index contributed by atoms with van der Waals surface area (Å²) in [7, 11) is 0. The maximum absolute atomic E-state index is 11.7. The molecular weight excluding hydrogens is 256 g/mol. The van der Waals surface area contributed by atoms with Gasteiger partial charge in [0.05, 0.1) is 12.6 Å². The van der Waals surface area contributed by atoms with Crippen LogP contribution in [0.4, 0.5) is 0 Å². The number of unbranched alkanes of at least 4 members (excludes halogenated alkanes) is 1. The van der Waals surface area contributed by atoms with Gasteiger partial charge in [0.15, 0.2) is 0 Å². The molecule has 1 atom stereocenters. The fourth-order valence-electron chi connectivity index (χ4n) is 1.63. The number of hydrogen-bond donors (Lipinski definition) is 2. The van der Waals surface area contributed by atoms with E-state index in [1.54, 1.807) is 0 Å². The Morgan fingerprint density at radius 3 is 2.65 bits per heavy atom. The van der Waals surface area contributed by atoms with E-state index in [4.69, 9.17) is 10.5 Å². The van der Waals surface area contributed by atoms with Crippen molar-refractivity contribution in [1.82, 2.24) is 5.32 Å². The molecule has 0 aliphatic carbocycles. The van der Waals surface area contributed by atoms with E-state index in [0.29, 0.717) is 13.0 Å². The minimum Gasteiger partial charge on any atom is -0.464 e. The van der Waals surface area contributed by atoms with Gasteiger partial charge in [0, 0.05) is 0 Å². The Balaban J connectivity index is 2.26. The lowest BCUT2D eigenvalue weighted by Crippen LogP contribution is -2.44. The van der Waals surface area contributed by atoms with Gasteiger partial charge in [-0.05, 0) is 18.4 Å². The summed E-state index contributed by atoms with van der Waals surface area (Å²) in [5, 5.41) is 2.49. The van der Waals surface area contributed by atoms with Crippen molar-refractivity contribution in [1.29, 1.82) is 0 Å². The van der Waals surface area contributed by atoms with Gasteiger partial charge in [0.25, 0.3) is 0 Å². The van der Waals surface area contributed by atoms with Crippen LogP contribution in [-0.2, 0) is 20.7 Å². The molecule has 1 rings (SSSR count). The molecule has 0 saturated carbocycles. The second-order valence-corrected chi connectivity index (χ2v) is 4.59. The summed E-state index contributed by atoms with van der Waals surface area (Å²) < 4.78 is 4.94. The summed E-state index contributed by atoms with van der Waals surface area (Å²) in [4.78, 5) is 23.1. The molecule has 0 heterocycles. The minimum absolute atomic E-state index is 0.134. The van der Waals surface area contributed by atoms with Crippen molar-refractivity contribution >= 4 is 11.9 Å². The summed E-state index contributed by atoms with van der Waals surface area (Å²) >= 11 is 0. The molecule has 0 aliphatic rings. The first-order valence-electron chi connectivity index (χ1n) is 6.86. The van der Waals surface area contributed by atoms with Gasteiger partial charge < -0.3 is 15.8 Å². The minimum atomic E-state index is -0.666. The molecule has 0 aromatic heterocycles. The highest BCUT2D eigenvalue weighted by Gasteiger charge is 2.15. The molecule has 0 saturated heterocycles. The lowest BCUT2D eigenvalue weighted by atomic mass is 10.1. The third kappa shape index (κ3) is 6.33. The molecule has 1 aromatic carbocycles. The van der Waals surface area contributed by atoms with Crippen molar-refractivity contribution < 1.29 is 14.3 Å². The van der Waals surface area contributed by atoms with E-state index < -0.39 is 12.0 Å². The highest BCUT2D eigenvalue weighted by atomic mass is 16.5. The average molecular weight is 278 g/mol. The number of amides is 1. The van der Waals surface area contributed by atoms with Crippen molar-refractivity contribution in [2.75, 3.05) is 13.2 Å². The van der Waals surface area contributed by atoms with E-state index in [9.17, 15) is 9.59 Å². The van der Waals surface area contributed by atoms with E-state index in [0.717, 1.165) is 18.4 Å². The van der Waals surface area contributed by atoms with E-state index in [1.165, 1.54) is 0 Å². The zero-order valence-electron chi connectivity index (χ0n) is 11.8. The van der Waals surface area contributed by atoms with Crippen LogP contribution in [0.25, 0.3) is 0 Å². The molecule has 5 heteroatoms. The lowest BCUT2D eigenvalue weighted by Gasteiger charge is -2.12. The number of nitrogens with two attached hydrogens (primary N) is 1. The quantitative estimate of drug-likeness (QED) is 0.549. The van der Waals surface area contributed by atoms with E-state index in [-0.39, 0.29) is 12.5 Å². The zero-order valence-corrected chi connectivity index (χ0v) is 11.8. The monoisotopic (exact) mass is 278 g/mol. The van der Waals surface area contributed by atoms with Crippen LogP contribution in [0.2, 0.25) is 0 Å². The predicted octanol–water partition coefficient (Wildman–Crippen LogP) is 1.02. The van der Waals surface area contributed by atoms with Gasteiger partial charge in [0.1, 0.15) is 6.54 Å². The number of rotatable bonds is 8. The van der Waals surface area contributed by atoms with Crippen LogP contribution < -0.4 is 11.1 Å². The van der Waals surface area contributed by atoms with Crippen molar-refractivity contribution in [3.63, 3.8) is 0 Å². The summed E-state index contributed by atoms with van der Waals surface area (Å²) in [6, 6.07) is 8.84. The topological polar surface area (TPSA) is 81.4 Å². The molecule has 0 radical (unpaired) electrons. The Labute approximate surface area is 119 Å². The van der Waals surface area contributed by atoms with Gasteiger partial charge in [-0.2, -0.15) is 0 Å². The Bertz CT molecular complexity index is 420. The van der Waals surface area contributed by atoms with Crippen LogP contribution in [0.5, 0.6) is 0 Å². The molecule has 1 aromatic rings. The van der Waals surface area contributed by atoms with Crippen LogP contribution >= 0.6 is 0 Å². The van der Waals surface area contributed by atoms with Crippen LogP contribution in [0.3, 0.4) is 0 Å². The Morgan fingerprint density at radius 1 is 1.30 bits per heavy atom. The first-order valence-corrected chi connectivity index (χ1v) is 6.86. The van der Waals surface area contributed by atoms with Gasteiger partial charge in [0.2, 0.25) is 5.91 Å². The molecule has 5 nitrogen and oxygen atoms in total. The summed E-state index contributed by atoms with van der Waals surface area (Å²) in [6.07, 6.45) is 2.23. The van der Waals surface area contributed by atoms with Gasteiger partial charge >= 0.3 is 5.97 Å². The molecule has 0 aliphatic heterocycles. The van der Waals surface area contributed by atoms with Crippen LogP contribution in [-0.4, -0.2) is 31.1 Å². The first kappa shape index (κ1) is 16.2. The van der Waals surface area contributed by atoms with Crippen LogP contribution in [0, 0.1) is 0 Å². The fraction of sp³-hybridized carbons (Fsp3) is 0.467. The van der Waals surface area contributed by atoms with Crippen LogP contribution in [0.15, 0.2) is 30.3 Å². The van der Waals surface area contributed by atoms with Crippen molar-refractivity contribution in [2.45, 2.75) is 32.2 Å². The Hall–Kier alpha value is -1.88. The van der Waals surface area contributed by atoms with Gasteiger partial charge in [-0.3, -0.25) is 9.59 Å². The first-order chi connectivity index (χ1) is 9.63. The van der Waals surface area contributed by atoms with E-state index >= 15 is 0 Å². The van der Waals surface area contributed by atoms with E-state index in [2.05, 4.69) is 5.32 Å². The number of carbonyl (C=O) groups excluding carboxylic acids is 2. The number of esters is 1. The summed E-state index contributed by atoms with van der Waals surface area (Å²) in [6.45, 7) is 2.27. The standard InChI is InChI=1S/C15H22N2O3/c1-2-3-9-20-14(18)11-17-15(19)13(16)10-12-7-5-4-6-8-12/h4-8,13H,2-3,9-11,16H2,1H3,(H,17,19)/t13-/m0/s1. The Morgan fingerprint density at radius 2 is 2.00 bits per heavy atom. The normalized spacial score (nSPS) is 11.7. The molecule has 20 heavy (non-hydrogen) atoms. The highest BCUT2D eigenvalue weighted by Crippen LogP contribution is 2.01. The highest BCUT2D eigenvalue weighted by molar-refractivity contribution is 5.85. The molecule has 110 valence electrons. The lowest BCUT2D eigenvalue weighted by molar-refractivity contribution is -0.144. The van der Waals surface area contributed by atoms with Gasteiger partial charge in [-0.25, -0.2) is 0 Å². The van der Waals surface area contributed by atoms with Crippen LogP contribution in [0.1, 0.15) is 25.3 Å². The van der Waals surface area contributed by atoms with Gasteiger partial charge in [-0.1, -0.05) is 43.7 Å². The molecule has 0 fully saturated rings. The molecule has 0 unspecified atom stereocenters. The summed E-state index contributed by atoms with van der Waals surface area (Å²) in [5.41, 5.74) is 6.78. The number of benzene rings is 1. The van der Waals surface area contributed by atoms with Crippen molar-refractivity contribution in [2.24, 2.45) is 5.73 Å².